The highest BCUT2D eigenvalue weighted by Gasteiger charge is 2.18. The molecule has 1 aromatic carbocycles. The molecule has 6 heteroatoms. The van der Waals surface area contributed by atoms with E-state index in [1.54, 1.807) is 0 Å². The molecule has 3 rings (SSSR count). The molecule has 6 nitrogen and oxygen atoms in total. The van der Waals surface area contributed by atoms with E-state index in [0.717, 1.165) is 36.2 Å². The van der Waals surface area contributed by atoms with Gasteiger partial charge in [0.1, 0.15) is 0 Å². The normalized spacial score (nSPS) is 21.7. The van der Waals surface area contributed by atoms with Crippen LogP contribution in [-0.2, 0) is 0 Å². The molecule has 118 valence electrons. The van der Waals surface area contributed by atoms with E-state index >= 15 is 0 Å². The van der Waals surface area contributed by atoms with Crippen LogP contribution in [0.25, 0.3) is 11.5 Å². The van der Waals surface area contributed by atoms with E-state index in [0.29, 0.717) is 17.9 Å². The third-order valence-electron chi connectivity index (χ3n) is 4.40. The summed E-state index contributed by atoms with van der Waals surface area (Å²) in [4.78, 5) is 11.1. The zero-order valence-electron chi connectivity index (χ0n) is 12.8. The molecule has 0 saturated heterocycles. The van der Waals surface area contributed by atoms with Crippen molar-refractivity contribution in [3.8, 4) is 11.5 Å². The highest BCUT2D eigenvalue weighted by molar-refractivity contribution is 5.64. The summed E-state index contributed by atoms with van der Waals surface area (Å²) < 4.78 is 5.01. The van der Waals surface area contributed by atoms with Crippen LogP contribution in [0, 0.1) is 12.8 Å². The van der Waals surface area contributed by atoms with Gasteiger partial charge in [0.05, 0.1) is 0 Å². The van der Waals surface area contributed by atoms with Crippen LogP contribution < -0.4 is 16.8 Å². The average Bonchev–Trinajstić information content (AvgIpc) is 2.95. The molecule has 1 aromatic heterocycles. The molecule has 0 bridgehead atoms. The van der Waals surface area contributed by atoms with E-state index in [-0.39, 0.29) is 0 Å². The fraction of sp³-hybridized carbons (Fsp3) is 0.500. The summed E-state index contributed by atoms with van der Waals surface area (Å²) >= 11 is 0. The number of nitrogens with one attached hydrogen (secondary N) is 2. The molecule has 0 spiro atoms. The largest absolute Gasteiger partial charge is 0.434 e. The number of hydrogen-bond donors (Lipinski definition) is 3. The fourth-order valence-corrected chi connectivity index (χ4v) is 2.95. The number of nitrogens with two attached hydrogens (primary N) is 1. The molecule has 0 radical (unpaired) electrons. The molecule has 2 aromatic rings. The molecule has 1 heterocycles. The van der Waals surface area contributed by atoms with Crippen LogP contribution in [0.2, 0.25) is 0 Å². The van der Waals surface area contributed by atoms with Gasteiger partial charge < -0.3 is 15.5 Å². The number of benzene rings is 1. The number of aromatic amines is 1. The molecule has 0 amide bonds. The second-order valence-corrected chi connectivity index (χ2v) is 6.11. The van der Waals surface area contributed by atoms with Gasteiger partial charge in [-0.2, -0.15) is 0 Å². The van der Waals surface area contributed by atoms with Crippen LogP contribution in [0.4, 0.5) is 5.69 Å². The first kappa shape index (κ1) is 14.8. The predicted molar refractivity (Wildman–Crippen MR) is 85.7 cm³/mol. The Kier molecular flexibility index (Phi) is 4.29. The summed E-state index contributed by atoms with van der Waals surface area (Å²) in [6.07, 6.45) is 4.59. The minimum Gasteiger partial charge on any atom is -0.388 e. The standard InChI is InChI=1S/C16H22N4O2/c1-10-2-5-12(15-19-20-16(21)22-15)8-14(10)18-9-11-3-6-13(17)7-4-11/h2,5,8,11,13,18H,3-4,6-7,9,17H2,1H3,(H,20,21). The number of anilines is 1. The molecule has 1 saturated carbocycles. The van der Waals surface area contributed by atoms with E-state index in [1.807, 2.05) is 18.2 Å². The second kappa shape index (κ2) is 6.36. The number of rotatable bonds is 4. The van der Waals surface area contributed by atoms with Gasteiger partial charge in [-0.15, -0.1) is 5.10 Å². The van der Waals surface area contributed by atoms with Gasteiger partial charge in [-0.25, -0.2) is 9.89 Å². The van der Waals surface area contributed by atoms with Crippen molar-refractivity contribution < 1.29 is 4.42 Å². The van der Waals surface area contributed by atoms with Crippen LogP contribution in [0.3, 0.4) is 0 Å². The van der Waals surface area contributed by atoms with E-state index in [2.05, 4.69) is 22.4 Å². The van der Waals surface area contributed by atoms with Gasteiger partial charge >= 0.3 is 5.76 Å². The first-order chi connectivity index (χ1) is 10.6. The molecular formula is C16H22N4O2. The predicted octanol–water partition coefficient (Wildman–Crippen LogP) is 2.27. The molecule has 22 heavy (non-hydrogen) atoms. The summed E-state index contributed by atoms with van der Waals surface area (Å²) in [7, 11) is 0. The maximum Gasteiger partial charge on any atom is 0.434 e. The van der Waals surface area contributed by atoms with Crippen molar-refractivity contribution in [3.63, 3.8) is 0 Å². The van der Waals surface area contributed by atoms with Gasteiger partial charge in [-0.3, -0.25) is 0 Å². The zero-order chi connectivity index (χ0) is 15.5. The van der Waals surface area contributed by atoms with E-state index in [1.165, 1.54) is 12.8 Å². The smallest absolute Gasteiger partial charge is 0.388 e. The Morgan fingerprint density at radius 2 is 2.14 bits per heavy atom. The fourth-order valence-electron chi connectivity index (χ4n) is 2.95. The summed E-state index contributed by atoms with van der Waals surface area (Å²) in [6.45, 7) is 3.01. The lowest BCUT2D eigenvalue weighted by Gasteiger charge is -2.26. The molecule has 0 unspecified atom stereocenters. The lowest BCUT2D eigenvalue weighted by atomic mass is 9.86. The third-order valence-corrected chi connectivity index (χ3v) is 4.40. The average molecular weight is 302 g/mol. The number of hydrogen-bond acceptors (Lipinski definition) is 5. The van der Waals surface area contributed by atoms with Gasteiger partial charge in [-0.1, -0.05) is 6.07 Å². The number of aryl methyl sites for hydroxylation is 1. The number of H-pyrrole nitrogens is 1. The van der Waals surface area contributed by atoms with Crippen LogP contribution in [0.15, 0.2) is 27.4 Å². The molecule has 1 aliphatic carbocycles. The highest BCUT2D eigenvalue weighted by atomic mass is 16.4. The molecule has 0 aliphatic heterocycles. The Hall–Kier alpha value is -2.08. The maximum atomic E-state index is 11.1. The zero-order valence-corrected chi connectivity index (χ0v) is 12.8. The second-order valence-electron chi connectivity index (χ2n) is 6.11. The number of aromatic nitrogens is 2. The van der Waals surface area contributed by atoms with Crippen molar-refractivity contribution in [2.75, 3.05) is 11.9 Å². The SMILES string of the molecule is Cc1ccc(-c2n[nH]c(=O)o2)cc1NCC1CCC(N)CC1. The summed E-state index contributed by atoms with van der Waals surface area (Å²) in [5.41, 5.74) is 8.95. The van der Waals surface area contributed by atoms with Crippen molar-refractivity contribution in [1.29, 1.82) is 0 Å². The quantitative estimate of drug-likeness (QED) is 0.805. The van der Waals surface area contributed by atoms with Gasteiger partial charge in [0.15, 0.2) is 0 Å². The van der Waals surface area contributed by atoms with Crippen molar-refractivity contribution in [3.05, 3.63) is 34.3 Å². The Labute approximate surface area is 129 Å². The molecular weight excluding hydrogens is 280 g/mol. The molecule has 1 fully saturated rings. The van der Waals surface area contributed by atoms with E-state index in [4.69, 9.17) is 10.2 Å². The van der Waals surface area contributed by atoms with Crippen molar-refractivity contribution in [2.24, 2.45) is 11.7 Å². The molecule has 4 N–H and O–H groups in total. The minimum absolute atomic E-state index is 0.316. The Balaban J connectivity index is 1.69. The lowest BCUT2D eigenvalue weighted by Crippen LogP contribution is -2.29. The Morgan fingerprint density at radius 3 is 2.82 bits per heavy atom. The summed E-state index contributed by atoms with van der Waals surface area (Å²) in [5.74, 6) is 0.450. The van der Waals surface area contributed by atoms with Crippen LogP contribution in [-0.4, -0.2) is 22.8 Å². The maximum absolute atomic E-state index is 11.1. The Bertz CT molecular complexity index is 683. The molecule has 1 aliphatic rings. The highest BCUT2D eigenvalue weighted by Crippen LogP contribution is 2.26. The van der Waals surface area contributed by atoms with E-state index < -0.39 is 5.76 Å². The van der Waals surface area contributed by atoms with Gasteiger partial charge in [0.25, 0.3) is 0 Å². The van der Waals surface area contributed by atoms with Gasteiger partial charge in [0, 0.05) is 23.8 Å². The van der Waals surface area contributed by atoms with Crippen molar-refractivity contribution >= 4 is 5.69 Å². The first-order valence-corrected chi connectivity index (χ1v) is 7.78. The van der Waals surface area contributed by atoms with Crippen LogP contribution >= 0.6 is 0 Å². The Morgan fingerprint density at radius 1 is 1.36 bits per heavy atom. The van der Waals surface area contributed by atoms with E-state index in [9.17, 15) is 4.79 Å². The minimum atomic E-state index is -0.538. The van der Waals surface area contributed by atoms with Crippen molar-refractivity contribution in [2.45, 2.75) is 38.6 Å². The van der Waals surface area contributed by atoms with Crippen LogP contribution in [0.1, 0.15) is 31.2 Å². The lowest BCUT2D eigenvalue weighted by molar-refractivity contribution is 0.339. The topological polar surface area (TPSA) is 96.9 Å². The van der Waals surface area contributed by atoms with Crippen LogP contribution in [0.5, 0.6) is 0 Å². The van der Waals surface area contributed by atoms with Crippen molar-refractivity contribution in [1.82, 2.24) is 10.2 Å². The number of nitrogens with zero attached hydrogens (tertiary/aromatic N) is 1. The molecule has 0 atom stereocenters. The first-order valence-electron chi connectivity index (χ1n) is 7.78. The summed E-state index contributed by atoms with van der Waals surface area (Å²) in [5, 5.41) is 9.67. The van der Waals surface area contributed by atoms with Gasteiger partial charge in [0.2, 0.25) is 5.89 Å². The van der Waals surface area contributed by atoms with Gasteiger partial charge in [-0.05, 0) is 56.2 Å². The third kappa shape index (κ3) is 3.39. The summed E-state index contributed by atoms with van der Waals surface area (Å²) in [6, 6.07) is 6.26. The monoisotopic (exact) mass is 302 g/mol.